The highest BCUT2D eigenvalue weighted by Gasteiger charge is 2.37. The third-order valence-corrected chi connectivity index (χ3v) is 4.76. The van der Waals surface area contributed by atoms with Crippen molar-refractivity contribution in [2.75, 3.05) is 6.54 Å². The SMILES string of the molecule is CC(CNCc1ccccc1)C(O)(c1ccccc1)c1ccccc1. The average Bonchev–Trinajstić information content (AvgIpc) is 2.69. The van der Waals surface area contributed by atoms with Gasteiger partial charge in [0.25, 0.3) is 0 Å². The van der Waals surface area contributed by atoms with Gasteiger partial charge in [-0.25, -0.2) is 0 Å². The Morgan fingerprint density at radius 3 is 1.68 bits per heavy atom. The molecule has 0 saturated heterocycles. The maximum absolute atomic E-state index is 11.7. The van der Waals surface area contributed by atoms with Crippen LogP contribution in [0.4, 0.5) is 0 Å². The summed E-state index contributed by atoms with van der Waals surface area (Å²) < 4.78 is 0. The highest BCUT2D eigenvalue weighted by Crippen LogP contribution is 2.36. The molecule has 0 aliphatic heterocycles. The second-order valence-electron chi connectivity index (χ2n) is 6.52. The lowest BCUT2D eigenvalue weighted by atomic mass is 9.77. The lowest BCUT2D eigenvalue weighted by Gasteiger charge is -2.35. The molecule has 1 unspecified atom stereocenters. The van der Waals surface area contributed by atoms with Gasteiger partial charge in [-0.2, -0.15) is 0 Å². The number of hydrogen-bond acceptors (Lipinski definition) is 2. The number of aliphatic hydroxyl groups is 1. The van der Waals surface area contributed by atoms with Crippen molar-refractivity contribution in [2.24, 2.45) is 5.92 Å². The van der Waals surface area contributed by atoms with Gasteiger partial charge in [-0.3, -0.25) is 0 Å². The van der Waals surface area contributed by atoms with E-state index in [1.54, 1.807) is 0 Å². The largest absolute Gasteiger partial charge is 0.380 e. The van der Waals surface area contributed by atoms with Gasteiger partial charge in [-0.05, 0) is 16.7 Å². The second kappa shape index (κ2) is 8.11. The maximum Gasteiger partial charge on any atom is 0.118 e. The summed E-state index contributed by atoms with van der Waals surface area (Å²) in [7, 11) is 0. The molecule has 1 atom stereocenters. The predicted molar refractivity (Wildman–Crippen MR) is 103 cm³/mol. The molecular formula is C23H25NO. The van der Waals surface area contributed by atoms with Crippen molar-refractivity contribution >= 4 is 0 Å². The molecule has 25 heavy (non-hydrogen) atoms. The van der Waals surface area contributed by atoms with Gasteiger partial charge in [0.05, 0.1) is 0 Å². The summed E-state index contributed by atoms with van der Waals surface area (Å²) >= 11 is 0. The minimum atomic E-state index is -1.02. The Labute approximate surface area is 150 Å². The van der Waals surface area contributed by atoms with Gasteiger partial charge < -0.3 is 10.4 Å². The van der Waals surface area contributed by atoms with Crippen LogP contribution in [0, 0.1) is 5.92 Å². The fraction of sp³-hybridized carbons (Fsp3) is 0.217. The number of hydrogen-bond donors (Lipinski definition) is 2. The van der Waals surface area contributed by atoms with Crippen molar-refractivity contribution in [3.05, 3.63) is 108 Å². The zero-order valence-corrected chi connectivity index (χ0v) is 14.6. The third-order valence-electron chi connectivity index (χ3n) is 4.76. The minimum absolute atomic E-state index is 0.0148. The molecular weight excluding hydrogens is 306 g/mol. The molecule has 0 heterocycles. The molecule has 0 amide bonds. The van der Waals surface area contributed by atoms with E-state index in [1.807, 2.05) is 78.9 Å². The summed E-state index contributed by atoms with van der Waals surface area (Å²) in [5.41, 5.74) is 2.08. The van der Waals surface area contributed by atoms with Crippen molar-refractivity contribution in [3.63, 3.8) is 0 Å². The fourth-order valence-corrected chi connectivity index (χ4v) is 3.30. The Kier molecular flexibility index (Phi) is 5.64. The van der Waals surface area contributed by atoms with Gasteiger partial charge in [-0.1, -0.05) is 97.9 Å². The number of nitrogens with one attached hydrogen (secondary N) is 1. The molecule has 2 N–H and O–H groups in total. The van der Waals surface area contributed by atoms with Gasteiger partial charge >= 0.3 is 0 Å². The van der Waals surface area contributed by atoms with E-state index in [-0.39, 0.29) is 5.92 Å². The molecule has 128 valence electrons. The molecule has 3 aromatic carbocycles. The molecule has 0 fully saturated rings. The summed E-state index contributed by atoms with van der Waals surface area (Å²) in [6.45, 7) is 3.61. The van der Waals surface area contributed by atoms with E-state index in [0.29, 0.717) is 0 Å². The van der Waals surface area contributed by atoms with E-state index in [1.165, 1.54) is 5.56 Å². The summed E-state index contributed by atoms with van der Waals surface area (Å²) in [5, 5.41) is 15.2. The molecule has 3 aromatic rings. The number of rotatable bonds is 7. The standard InChI is InChI=1S/C23H25NO/c1-19(17-24-18-20-11-5-2-6-12-20)23(25,21-13-7-3-8-14-21)22-15-9-4-10-16-22/h2-16,19,24-25H,17-18H2,1H3. The summed E-state index contributed by atoms with van der Waals surface area (Å²) in [6, 6.07) is 30.2. The smallest absolute Gasteiger partial charge is 0.118 e. The van der Waals surface area contributed by atoms with Crippen LogP contribution >= 0.6 is 0 Å². The summed E-state index contributed by atoms with van der Waals surface area (Å²) in [4.78, 5) is 0. The molecule has 0 saturated carbocycles. The molecule has 2 nitrogen and oxygen atoms in total. The van der Waals surface area contributed by atoms with Crippen molar-refractivity contribution in [1.29, 1.82) is 0 Å². The summed E-state index contributed by atoms with van der Waals surface area (Å²) in [5.74, 6) is 0.0148. The van der Waals surface area contributed by atoms with Crippen LogP contribution in [0.5, 0.6) is 0 Å². The van der Waals surface area contributed by atoms with E-state index in [2.05, 4.69) is 24.4 Å². The third kappa shape index (κ3) is 3.98. The quantitative estimate of drug-likeness (QED) is 0.675. The first-order valence-corrected chi connectivity index (χ1v) is 8.79. The molecule has 0 spiro atoms. The average molecular weight is 331 g/mol. The Morgan fingerprint density at radius 2 is 1.20 bits per heavy atom. The van der Waals surface area contributed by atoms with Crippen LogP contribution in [0.1, 0.15) is 23.6 Å². The summed E-state index contributed by atoms with van der Waals surface area (Å²) in [6.07, 6.45) is 0. The van der Waals surface area contributed by atoms with E-state index in [4.69, 9.17) is 0 Å². The molecule has 0 aliphatic carbocycles. The first-order chi connectivity index (χ1) is 12.2. The Balaban J connectivity index is 1.80. The van der Waals surface area contributed by atoms with Gasteiger partial charge in [0.1, 0.15) is 5.60 Å². The van der Waals surface area contributed by atoms with E-state index < -0.39 is 5.60 Å². The van der Waals surface area contributed by atoms with Crippen LogP contribution in [0.2, 0.25) is 0 Å². The molecule has 3 rings (SSSR count). The Bertz CT molecular complexity index is 716. The van der Waals surface area contributed by atoms with E-state index in [0.717, 1.165) is 24.2 Å². The normalized spacial score (nSPS) is 12.7. The van der Waals surface area contributed by atoms with Gasteiger partial charge in [0.15, 0.2) is 0 Å². The lowest BCUT2D eigenvalue weighted by molar-refractivity contribution is 0.0239. The van der Waals surface area contributed by atoms with Gasteiger partial charge in [-0.15, -0.1) is 0 Å². The zero-order chi connectivity index (χ0) is 17.5. The van der Waals surface area contributed by atoms with Crippen LogP contribution in [0.15, 0.2) is 91.0 Å². The van der Waals surface area contributed by atoms with Crippen LogP contribution < -0.4 is 5.32 Å². The van der Waals surface area contributed by atoms with Crippen LogP contribution in [-0.4, -0.2) is 11.7 Å². The fourth-order valence-electron chi connectivity index (χ4n) is 3.30. The first-order valence-electron chi connectivity index (χ1n) is 8.79. The maximum atomic E-state index is 11.7. The minimum Gasteiger partial charge on any atom is -0.380 e. The Morgan fingerprint density at radius 1 is 0.760 bits per heavy atom. The predicted octanol–water partition coefficient (Wildman–Crippen LogP) is 4.35. The van der Waals surface area contributed by atoms with Crippen molar-refractivity contribution in [2.45, 2.75) is 19.1 Å². The van der Waals surface area contributed by atoms with Crippen molar-refractivity contribution in [3.8, 4) is 0 Å². The van der Waals surface area contributed by atoms with Crippen LogP contribution in [-0.2, 0) is 12.1 Å². The molecule has 0 aromatic heterocycles. The van der Waals surface area contributed by atoms with E-state index in [9.17, 15) is 5.11 Å². The molecule has 0 aliphatic rings. The topological polar surface area (TPSA) is 32.3 Å². The van der Waals surface area contributed by atoms with Crippen molar-refractivity contribution < 1.29 is 5.11 Å². The van der Waals surface area contributed by atoms with E-state index >= 15 is 0 Å². The van der Waals surface area contributed by atoms with Gasteiger partial charge in [0.2, 0.25) is 0 Å². The Hall–Kier alpha value is -2.42. The molecule has 0 bridgehead atoms. The zero-order valence-electron chi connectivity index (χ0n) is 14.6. The highest BCUT2D eigenvalue weighted by atomic mass is 16.3. The van der Waals surface area contributed by atoms with Crippen LogP contribution in [0.25, 0.3) is 0 Å². The van der Waals surface area contributed by atoms with Crippen LogP contribution in [0.3, 0.4) is 0 Å². The molecule has 2 heteroatoms. The first kappa shape index (κ1) is 17.4. The van der Waals surface area contributed by atoms with Gasteiger partial charge in [0, 0.05) is 19.0 Å². The lowest BCUT2D eigenvalue weighted by Crippen LogP contribution is -2.40. The van der Waals surface area contributed by atoms with Crippen molar-refractivity contribution in [1.82, 2.24) is 5.32 Å². The second-order valence-corrected chi connectivity index (χ2v) is 6.52. The highest BCUT2D eigenvalue weighted by molar-refractivity contribution is 5.36. The molecule has 0 radical (unpaired) electrons. The number of benzene rings is 3. The monoisotopic (exact) mass is 331 g/mol.